The van der Waals surface area contributed by atoms with Gasteiger partial charge in [0.05, 0.1) is 11.7 Å². The van der Waals surface area contributed by atoms with Crippen LogP contribution in [0.25, 0.3) is 33.5 Å². The third kappa shape index (κ3) is 5.73. The van der Waals surface area contributed by atoms with E-state index in [1.54, 1.807) is 0 Å². The zero-order valence-electron chi connectivity index (χ0n) is 34.3. The Labute approximate surface area is 339 Å². The summed E-state index contributed by atoms with van der Waals surface area (Å²) in [6.45, 7) is 13.6. The Hall–Kier alpha value is -5.35. The molecule has 5 aromatic carbocycles. The number of allylic oxidation sites excluding steroid dienone is 1. The van der Waals surface area contributed by atoms with Gasteiger partial charge >= 0.3 is 7.26 Å². The van der Waals surface area contributed by atoms with Gasteiger partial charge in [-0.1, -0.05) is 169 Å². The summed E-state index contributed by atoms with van der Waals surface area (Å²) in [5.74, 6) is 0. The maximum atomic E-state index is 19.1. The first-order valence-corrected chi connectivity index (χ1v) is 21.1. The Bertz CT molecular complexity index is 2590. The predicted molar refractivity (Wildman–Crippen MR) is 237 cm³/mol. The predicted octanol–water partition coefficient (Wildman–Crippen LogP) is 13.3. The maximum Gasteiger partial charge on any atom is 0.593 e. The highest BCUT2D eigenvalue weighted by Crippen LogP contribution is 2.59. The van der Waals surface area contributed by atoms with Gasteiger partial charge in [0, 0.05) is 33.7 Å². The van der Waals surface area contributed by atoms with Gasteiger partial charge in [0.15, 0.2) is 0 Å². The minimum absolute atomic E-state index is 0.0229. The zero-order valence-corrected chi connectivity index (χ0v) is 34.3. The van der Waals surface area contributed by atoms with E-state index in [4.69, 9.17) is 0 Å². The third-order valence-corrected chi connectivity index (χ3v) is 13.2. The van der Waals surface area contributed by atoms with Crippen molar-refractivity contribution >= 4 is 18.4 Å². The van der Waals surface area contributed by atoms with E-state index in [1.807, 2.05) is 0 Å². The number of aryl methyl sites for hydroxylation is 2. The van der Waals surface area contributed by atoms with Gasteiger partial charge in [-0.15, -0.1) is 0 Å². The van der Waals surface area contributed by atoms with Crippen molar-refractivity contribution in [1.82, 2.24) is 9.29 Å². The summed E-state index contributed by atoms with van der Waals surface area (Å²) in [7, 11) is -1.43. The van der Waals surface area contributed by atoms with E-state index in [0.29, 0.717) is 0 Å². The Kier molecular flexibility index (Phi) is 8.45. The molecule has 284 valence electrons. The SMILES string of the molecule is CC(C)(C)c1ccc(C2=C3CCCc4ccccc4C3N3B(F)n4c(c(-c5ccc(C(C)(C)C)cc5)c5c4-c4ccccc4CCC5)C(c4ccccc4)=C23)cc1. The fourth-order valence-electron chi connectivity index (χ4n) is 10.4. The summed E-state index contributed by atoms with van der Waals surface area (Å²) in [5.41, 5.74) is 20.3. The van der Waals surface area contributed by atoms with Crippen LogP contribution >= 0.6 is 0 Å². The number of hydrogen-bond donors (Lipinski definition) is 0. The molecule has 1 atom stereocenters. The number of halogens is 1. The molecular weight excluding hydrogens is 694 g/mol. The van der Waals surface area contributed by atoms with Crippen LogP contribution in [0.3, 0.4) is 0 Å². The van der Waals surface area contributed by atoms with Crippen molar-refractivity contribution in [3.05, 3.63) is 189 Å². The fourth-order valence-corrected chi connectivity index (χ4v) is 10.4. The Morgan fingerprint density at radius 3 is 1.79 bits per heavy atom. The quantitative estimate of drug-likeness (QED) is 0.164. The van der Waals surface area contributed by atoms with Crippen molar-refractivity contribution in [2.24, 2.45) is 0 Å². The van der Waals surface area contributed by atoms with E-state index in [0.717, 1.165) is 77.9 Å². The lowest BCUT2D eigenvalue weighted by molar-refractivity contribution is 0.426. The lowest BCUT2D eigenvalue weighted by Gasteiger charge is -2.38. The smallest absolute Gasteiger partial charge is 0.355 e. The van der Waals surface area contributed by atoms with E-state index in [-0.39, 0.29) is 16.9 Å². The van der Waals surface area contributed by atoms with E-state index in [2.05, 4.69) is 178 Å². The van der Waals surface area contributed by atoms with Gasteiger partial charge in [0.25, 0.3) is 0 Å². The van der Waals surface area contributed by atoms with Crippen LogP contribution in [0.2, 0.25) is 0 Å². The summed E-state index contributed by atoms with van der Waals surface area (Å²) in [6, 6.07) is 46.7. The van der Waals surface area contributed by atoms with Crippen LogP contribution in [-0.4, -0.2) is 16.5 Å². The van der Waals surface area contributed by atoms with Crippen LogP contribution in [0.1, 0.15) is 117 Å². The first-order valence-electron chi connectivity index (χ1n) is 21.1. The zero-order chi connectivity index (χ0) is 39.2. The number of fused-ring (bicyclic) bond motifs is 10. The summed E-state index contributed by atoms with van der Waals surface area (Å²) in [5, 5.41) is 0. The molecule has 2 nitrogen and oxygen atoms in total. The van der Waals surface area contributed by atoms with Crippen LogP contribution in [-0.2, 0) is 30.1 Å². The highest BCUT2D eigenvalue weighted by molar-refractivity contribution is 6.50. The first-order chi connectivity index (χ1) is 27.5. The van der Waals surface area contributed by atoms with Gasteiger partial charge in [-0.25, -0.2) is 0 Å². The summed E-state index contributed by atoms with van der Waals surface area (Å²) >= 11 is 0. The van der Waals surface area contributed by atoms with E-state index in [9.17, 15) is 0 Å². The fraction of sp³-hybridized carbons (Fsp3) is 0.283. The Morgan fingerprint density at radius 1 is 0.544 bits per heavy atom. The molecule has 0 N–H and O–H groups in total. The molecule has 4 heteroatoms. The van der Waals surface area contributed by atoms with E-state index < -0.39 is 7.26 Å². The minimum atomic E-state index is -1.43. The molecule has 10 rings (SSSR count). The molecule has 0 fully saturated rings. The molecule has 6 aromatic rings. The molecule has 0 bridgehead atoms. The molecular formula is C53H52BFN2. The molecule has 2 aliphatic heterocycles. The molecule has 1 unspecified atom stereocenters. The largest absolute Gasteiger partial charge is 0.593 e. The number of nitrogens with zero attached hydrogens (tertiary/aromatic N) is 2. The molecule has 0 saturated carbocycles. The van der Waals surface area contributed by atoms with Crippen LogP contribution < -0.4 is 0 Å². The van der Waals surface area contributed by atoms with Crippen molar-refractivity contribution in [2.45, 2.75) is 96.9 Å². The molecule has 3 heterocycles. The Morgan fingerprint density at radius 2 is 1.11 bits per heavy atom. The van der Waals surface area contributed by atoms with Crippen molar-refractivity contribution in [3.63, 3.8) is 0 Å². The minimum Gasteiger partial charge on any atom is -0.355 e. The normalized spacial score (nSPS) is 17.6. The molecule has 4 aliphatic rings. The average molecular weight is 747 g/mol. The molecule has 0 spiro atoms. The van der Waals surface area contributed by atoms with Crippen molar-refractivity contribution in [2.75, 3.05) is 0 Å². The highest BCUT2D eigenvalue weighted by atomic mass is 19.1. The average Bonchev–Trinajstić information content (AvgIpc) is 3.55. The molecule has 0 saturated heterocycles. The second-order valence-electron chi connectivity index (χ2n) is 18.7. The second-order valence-corrected chi connectivity index (χ2v) is 18.7. The third-order valence-electron chi connectivity index (χ3n) is 13.2. The number of hydrogen-bond acceptors (Lipinski definition) is 1. The van der Waals surface area contributed by atoms with Gasteiger partial charge < -0.3 is 9.29 Å². The highest BCUT2D eigenvalue weighted by Gasteiger charge is 2.53. The standard InChI is InChI=1S/C53H52BFN2/c1-52(2,3)39-30-26-37(27-31-39)45-43-24-14-20-34-16-10-12-22-41(34)48(43)56-50(45)47(36-18-8-7-9-19-36)51-46(38-28-32-40(33-29-38)53(4,5)6)44-25-15-21-35-17-11-13-23-42(35)49(44)57(51)54(56)55/h7-13,16-19,22-23,26-33,48H,14-15,20-21,24-25H2,1-6H3. The molecule has 1 aromatic heterocycles. The van der Waals surface area contributed by atoms with E-state index in [1.165, 1.54) is 55.7 Å². The van der Waals surface area contributed by atoms with Gasteiger partial charge in [0.2, 0.25) is 0 Å². The van der Waals surface area contributed by atoms with Crippen molar-refractivity contribution in [3.8, 4) is 22.4 Å². The van der Waals surface area contributed by atoms with Crippen LogP contribution in [0.5, 0.6) is 0 Å². The van der Waals surface area contributed by atoms with Crippen LogP contribution in [0.4, 0.5) is 4.32 Å². The molecule has 0 amide bonds. The second kappa shape index (κ2) is 13.4. The van der Waals surface area contributed by atoms with Gasteiger partial charge in [-0.05, 0) is 105 Å². The maximum absolute atomic E-state index is 19.1. The van der Waals surface area contributed by atoms with E-state index >= 15 is 4.32 Å². The topological polar surface area (TPSA) is 8.17 Å². The summed E-state index contributed by atoms with van der Waals surface area (Å²) < 4.78 is 21.3. The summed E-state index contributed by atoms with van der Waals surface area (Å²) in [6.07, 6.45) is 5.83. The Balaban J connectivity index is 1.36. The number of rotatable bonds is 3. The van der Waals surface area contributed by atoms with Crippen molar-refractivity contribution in [1.29, 1.82) is 0 Å². The van der Waals surface area contributed by atoms with Crippen molar-refractivity contribution < 1.29 is 4.32 Å². The lowest BCUT2D eigenvalue weighted by atomic mass is 9.81. The molecule has 0 radical (unpaired) electrons. The van der Waals surface area contributed by atoms with Gasteiger partial charge in [0.1, 0.15) is 0 Å². The van der Waals surface area contributed by atoms with Gasteiger partial charge in [-0.2, -0.15) is 0 Å². The number of benzene rings is 5. The molecule has 57 heavy (non-hydrogen) atoms. The van der Waals surface area contributed by atoms with Crippen LogP contribution in [0.15, 0.2) is 139 Å². The monoisotopic (exact) mass is 746 g/mol. The number of aromatic nitrogens is 1. The first kappa shape index (κ1) is 36.0. The van der Waals surface area contributed by atoms with Crippen LogP contribution in [0, 0.1) is 0 Å². The lowest BCUT2D eigenvalue weighted by Crippen LogP contribution is -2.46. The molecule has 2 aliphatic carbocycles. The summed E-state index contributed by atoms with van der Waals surface area (Å²) in [4.78, 5) is 2.20. The van der Waals surface area contributed by atoms with Gasteiger partial charge in [-0.3, -0.25) is 4.32 Å².